The van der Waals surface area contributed by atoms with Gasteiger partial charge in [0.1, 0.15) is 11.2 Å². The number of ether oxygens (including phenoxy) is 2. The molecule has 0 radical (unpaired) electrons. The molecule has 7 aliphatic rings. The largest absolute Gasteiger partial charge is 0.458 e. The Hall–Kier alpha value is -1.16. The Bertz CT molecular complexity index is 907. The lowest BCUT2D eigenvalue weighted by Gasteiger charge is -2.60. The second-order valence-corrected chi connectivity index (χ2v) is 12.2. The average Bonchev–Trinajstić information content (AvgIpc) is 3.57. The standard InChI is InChI=1S/C26H34O4/c1-4-5-14-10-15-11-16(27)6-8-23(15,2)26-19(29-26)13-24(3)22(21(14)26)17-12-18(17)25(24)9-7-20(28)30-25/h11,14,17-19,21-22H,4-10,12-13H2,1-3H3/t14-,17-,18+,19+,21?,22?,23+,24+,25+,26-/m1/s1. The van der Waals surface area contributed by atoms with Crippen LogP contribution in [0.2, 0.25) is 0 Å². The molecule has 10 atom stereocenters. The molecule has 2 heterocycles. The summed E-state index contributed by atoms with van der Waals surface area (Å²) in [5.41, 5.74) is 1.13. The van der Waals surface area contributed by atoms with Crippen molar-refractivity contribution in [2.75, 3.05) is 0 Å². The molecule has 7 rings (SSSR count). The Morgan fingerprint density at radius 3 is 2.70 bits per heavy atom. The second kappa shape index (κ2) is 5.24. The van der Waals surface area contributed by atoms with Gasteiger partial charge >= 0.3 is 5.97 Å². The highest BCUT2D eigenvalue weighted by atomic mass is 16.6. The minimum absolute atomic E-state index is 0.00824. The van der Waals surface area contributed by atoms with Crippen LogP contribution >= 0.6 is 0 Å². The lowest BCUT2D eigenvalue weighted by molar-refractivity contribution is -0.174. The quantitative estimate of drug-likeness (QED) is 0.493. The molecule has 0 aromatic heterocycles. The summed E-state index contributed by atoms with van der Waals surface area (Å²) < 4.78 is 13.1. The van der Waals surface area contributed by atoms with Gasteiger partial charge in [0.25, 0.3) is 0 Å². The fourth-order valence-electron chi connectivity index (χ4n) is 10.1. The third-order valence-corrected chi connectivity index (χ3v) is 11.3. The van der Waals surface area contributed by atoms with Crippen LogP contribution in [0.1, 0.15) is 78.6 Å². The van der Waals surface area contributed by atoms with Crippen molar-refractivity contribution in [3.05, 3.63) is 11.6 Å². The number of epoxide rings is 1. The normalized spacial score (nSPS) is 59.5. The Labute approximate surface area is 179 Å². The Balaban J connectivity index is 1.38. The van der Waals surface area contributed by atoms with Crippen LogP contribution in [0.4, 0.5) is 0 Å². The molecule has 0 bridgehead atoms. The number of carbonyl (C=O) groups excluding carboxylic acids is 2. The van der Waals surface area contributed by atoms with Crippen molar-refractivity contribution >= 4 is 11.8 Å². The highest BCUT2D eigenvalue weighted by Gasteiger charge is 2.87. The molecule has 0 N–H and O–H groups in total. The van der Waals surface area contributed by atoms with Crippen molar-refractivity contribution in [3.63, 3.8) is 0 Å². The third kappa shape index (κ3) is 1.76. The zero-order valence-electron chi connectivity index (χ0n) is 18.5. The molecular weight excluding hydrogens is 376 g/mol. The van der Waals surface area contributed by atoms with Gasteiger partial charge in [-0.15, -0.1) is 0 Å². The zero-order valence-corrected chi connectivity index (χ0v) is 18.5. The summed E-state index contributed by atoms with van der Waals surface area (Å²) in [6, 6.07) is 0. The molecule has 0 aromatic rings. The summed E-state index contributed by atoms with van der Waals surface area (Å²) in [5.74, 6) is 3.34. The van der Waals surface area contributed by atoms with E-state index in [0.29, 0.717) is 48.2 Å². The smallest absolute Gasteiger partial charge is 0.306 e. The molecule has 162 valence electrons. The number of carbonyl (C=O) groups is 2. The molecule has 4 heteroatoms. The number of hydrogen-bond donors (Lipinski definition) is 0. The monoisotopic (exact) mass is 410 g/mol. The Kier molecular flexibility index (Phi) is 3.22. The van der Waals surface area contributed by atoms with E-state index in [1.54, 1.807) is 0 Å². The summed E-state index contributed by atoms with van der Waals surface area (Å²) in [6.45, 7) is 7.16. The van der Waals surface area contributed by atoms with E-state index < -0.39 is 0 Å². The summed E-state index contributed by atoms with van der Waals surface area (Å²) in [7, 11) is 0. The summed E-state index contributed by atoms with van der Waals surface area (Å²) in [5, 5.41) is 0. The lowest BCUT2D eigenvalue weighted by Crippen LogP contribution is -2.63. The predicted octanol–water partition coefficient (Wildman–Crippen LogP) is 4.61. The van der Waals surface area contributed by atoms with Gasteiger partial charge in [0.15, 0.2) is 5.78 Å². The van der Waals surface area contributed by atoms with Crippen LogP contribution in [0.25, 0.3) is 0 Å². The van der Waals surface area contributed by atoms with Crippen LogP contribution in [-0.2, 0) is 19.1 Å². The maximum Gasteiger partial charge on any atom is 0.306 e. The van der Waals surface area contributed by atoms with Crippen LogP contribution in [0.5, 0.6) is 0 Å². The number of esters is 1. The maximum atomic E-state index is 12.3. The number of rotatable bonds is 2. The highest BCUT2D eigenvalue weighted by Crippen LogP contribution is 2.84. The minimum Gasteiger partial charge on any atom is -0.458 e. The molecule has 4 nitrogen and oxygen atoms in total. The summed E-state index contributed by atoms with van der Waals surface area (Å²) >= 11 is 0. The zero-order chi connectivity index (χ0) is 20.7. The van der Waals surface area contributed by atoms with Crippen molar-refractivity contribution in [2.24, 2.45) is 40.4 Å². The first-order chi connectivity index (χ1) is 14.3. The van der Waals surface area contributed by atoms with E-state index in [4.69, 9.17) is 9.47 Å². The van der Waals surface area contributed by atoms with Crippen LogP contribution in [0, 0.1) is 40.4 Å². The molecule has 5 aliphatic carbocycles. The van der Waals surface area contributed by atoms with Crippen molar-refractivity contribution in [2.45, 2.75) is 95.9 Å². The van der Waals surface area contributed by atoms with Crippen LogP contribution in [-0.4, -0.2) is 29.1 Å². The van der Waals surface area contributed by atoms with Crippen LogP contribution in [0.3, 0.4) is 0 Å². The van der Waals surface area contributed by atoms with Gasteiger partial charge in [0, 0.05) is 29.6 Å². The van der Waals surface area contributed by atoms with Crippen LogP contribution < -0.4 is 0 Å². The molecule has 2 aliphatic heterocycles. The molecule has 0 amide bonds. The topological polar surface area (TPSA) is 55.9 Å². The number of fused-ring (bicyclic) bond motifs is 7. The third-order valence-electron chi connectivity index (χ3n) is 11.3. The van der Waals surface area contributed by atoms with Crippen molar-refractivity contribution in [3.8, 4) is 0 Å². The molecule has 2 unspecified atom stereocenters. The van der Waals surface area contributed by atoms with Crippen LogP contribution in [0.15, 0.2) is 11.6 Å². The van der Waals surface area contributed by atoms with E-state index in [-0.39, 0.29) is 34.1 Å². The van der Waals surface area contributed by atoms with Gasteiger partial charge in [-0.2, -0.15) is 0 Å². The predicted molar refractivity (Wildman–Crippen MR) is 110 cm³/mol. The molecule has 6 fully saturated rings. The summed E-state index contributed by atoms with van der Waals surface area (Å²) in [4.78, 5) is 24.6. The first-order valence-electron chi connectivity index (χ1n) is 12.4. The van der Waals surface area contributed by atoms with Gasteiger partial charge < -0.3 is 9.47 Å². The van der Waals surface area contributed by atoms with Crippen molar-refractivity contribution in [1.82, 2.24) is 0 Å². The van der Waals surface area contributed by atoms with Gasteiger partial charge in [-0.25, -0.2) is 0 Å². The first-order valence-corrected chi connectivity index (χ1v) is 12.4. The van der Waals surface area contributed by atoms with Gasteiger partial charge in [0.2, 0.25) is 0 Å². The maximum absolute atomic E-state index is 12.3. The van der Waals surface area contributed by atoms with E-state index in [1.807, 2.05) is 6.08 Å². The Morgan fingerprint density at radius 1 is 1.13 bits per heavy atom. The van der Waals surface area contributed by atoms with Crippen molar-refractivity contribution < 1.29 is 19.1 Å². The molecule has 2 saturated heterocycles. The molecular formula is C26H34O4. The molecule has 30 heavy (non-hydrogen) atoms. The van der Waals surface area contributed by atoms with E-state index in [0.717, 1.165) is 25.7 Å². The molecule has 0 aromatic carbocycles. The SMILES string of the molecule is CCC[C@@H]1CC2=CC(=O)CC[C@]2(C)[C@@]23O[C@H]2C[C@@]2(C)C(C13)[C@@H]1C[C@@H]1[C@@]21CCC(=O)O1. The van der Waals surface area contributed by atoms with E-state index >= 15 is 0 Å². The second-order valence-electron chi connectivity index (χ2n) is 12.2. The number of ketones is 1. The Morgan fingerprint density at radius 2 is 1.97 bits per heavy atom. The molecule has 2 spiro atoms. The summed E-state index contributed by atoms with van der Waals surface area (Å²) in [6.07, 6.45) is 11.1. The molecule has 4 saturated carbocycles. The van der Waals surface area contributed by atoms with Crippen molar-refractivity contribution in [1.29, 1.82) is 0 Å². The van der Waals surface area contributed by atoms with E-state index in [2.05, 4.69) is 20.8 Å². The van der Waals surface area contributed by atoms with Gasteiger partial charge in [0.05, 0.1) is 6.10 Å². The van der Waals surface area contributed by atoms with E-state index in [1.165, 1.54) is 24.8 Å². The fraction of sp³-hybridized carbons (Fsp3) is 0.846. The van der Waals surface area contributed by atoms with Gasteiger partial charge in [-0.05, 0) is 61.9 Å². The fourth-order valence-corrected chi connectivity index (χ4v) is 10.1. The average molecular weight is 411 g/mol. The first kappa shape index (κ1) is 18.4. The van der Waals surface area contributed by atoms with Gasteiger partial charge in [-0.3, -0.25) is 9.59 Å². The number of hydrogen-bond acceptors (Lipinski definition) is 4. The highest BCUT2D eigenvalue weighted by molar-refractivity contribution is 5.92. The van der Waals surface area contributed by atoms with E-state index in [9.17, 15) is 9.59 Å². The minimum atomic E-state index is -0.228. The lowest BCUT2D eigenvalue weighted by atomic mass is 9.42. The van der Waals surface area contributed by atoms with Gasteiger partial charge in [-0.1, -0.05) is 39.2 Å².